The third-order valence-corrected chi connectivity index (χ3v) is 5.56. The lowest BCUT2D eigenvalue weighted by Gasteiger charge is -2.25. The van der Waals surface area contributed by atoms with Crippen molar-refractivity contribution in [2.24, 2.45) is 23.2 Å². The number of rotatable bonds is 2. The summed E-state index contributed by atoms with van der Waals surface area (Å²) in [5.41, 5.74) is 0.322. The van der Waals surface area contributed by atoms with E-state index in [4.69, 9.17) is 23.2 Å². The van der Waals surface area contributed by atoms with Crippen LogP contribution in [0.1, 0.15) is 33.6 Å². The first-order chi connectivity index (χ1) is 10.3. The van der Waals surface area contributed by atoms with Crippen LogP contribution < -0.4 is 4.90 Å². The van der Waals surface area contributed by atoms with Gasteiger partial charge in [0, 0.05) is 10.0 Å². The number of carbonyl (C=O) groups excluding carboxylic acids is 2. The summed E-state index contributed by atoms with van der Waals surface area (Å²) in [6, 6.07) is 4.84. The fourth-order valence-corrected chi connectivity index (χ4v) is 4.75. The number of nitrogens with zero attached hydrogens (tertiary/aromatic N) is 1. The largest absolute Gasteiger partial charge is 0.274 e. The molecule has 5 heteroatoms. The van der Waals surface area contributed by atoms with Gasteiger partial charge in [-0.05, 0) is 36.0 Å². The maximum atomic E-state index is 12.9. The van der Waals surface area contributed by atoms with E-state index >= 15 is 0 Å². The van der Waals surface area contributed by atoms with Crippen LogP contribution in [0.5, 0.6) is 0 Å². The van der Waals surface area contributed by atoms with Crippen molar-refractivity contribution in [2.75, 3.05) is 4.90 Å². The summed E-state index contributed by atoms with van der Waals surface area (Å²) in [4.78, 5) is 27.1. The van der Waals surface area contributed by atoms with Crippen molar-refractivity contribution in [2.45, 2.75) is 33.6 Å². The molecule has 1 aromatic rings. The number of fused-ring (bicyclic) bond motifs is 1. The molecule has 2 amide bonds. The van der Waals surface area contributed by atoms with Gasteiger partial charge in [0.05, 0.1) is 17.5 Å². The Labute approximate surface area is 140 Å². The maximum absolute atomic E-state index is 12.9. The van der Waals surface area contributed by atoms with E-state index in [1.165, 1.54) is 4.90 Å². The van der Waals surface area contributed by atoms with Crippen LogP contribution in [-0.4, -0.2) is 11.8 Å². The van der Waals surface area contributed by atoms with Crippen LogP contribution in [0.3, 0.4) is 0 Å². The fraction of sp³-hybridized carbons (Fsp3) is 0.529. The van der Waals surface area contributed by atoms with Gasteiger partial charge in [0.15, 0.2) is 0 Å². The van der Waals surface area contributed by atoms with Gasteiger partial charge in [0.2, 0.25) is 11.8 Å². The van der Waals surface area contributed by atoms with Crippen molar-refractivity contribution in [1.29, 1.82) is 0 Å². The van der Waals surface area contributed by atoms with E-state index in [2.05, 4.69) is 20.8 Å². The highest BCUT2D eigenvalue weighted by atomic mass is 35.5. The zero-order valence-electron chi connectivity index (χ0n) is 12.9. The van der Waals surface area contributed by atoms with Gasteiger partial charge in [-0.15, -0.1) is 0 Å². The molecule has 1 saturated heterocycles. The Morgan fingerprint density at radius 1 is 1.14 bits per heavy atom. The van der Waals surface area contributed by atoms with Crippen LogP contribution in [0.4, 0.5) is 5.69 Å². The van der Waals surface area contributed by atoms with Gasteiger partial charge >= 0.3 is 0 Å². The van der Waals surface area contributed by atoms with E-state index in [-0.39, 0.29) is 35.0 Å². The Kier molecular flexibility index (Phi) is 3.77. The molecule has 3 atom stereocenters. The first-order valence-corrected chi connectivity index (χ1v) is 8.35. The molecule has 118 valence electrons. The minimum atomic E-state index is -0.247. The molecule has 2 fully saturated rings. The fourth-order valence-electron chi connectivity index (χ4n) is 4.24. The molecule has 1 aliphatic heterocycles. The van der Waals surface area contributed by atoms with E-state index in [1.54, 1.807) is 18.2 Å². The average molecular weight is 340 g/mol. The standard InChI is InChI=1S/C17H19Cl2NO2/c1-4-9-8-17(2,3)14-13(9)15(21)20(16(14)22)12-6-10(18)5-11(19)7-12/h5-7,9,13-14H,4,8H2,1-3H3. The number of hydrogen-bond acceptors (Lipinski definition) is 2. The van der Waals surface area contributed by atoms with Gasteiger partial charge in [-0.25, -0.2) is 4.90 Å². The molecule has 0 spiro atoms. The van der Waals surface area contributed by atoms with Crippen LogP contribution in [0.25, 0.3) is 0 Å². The normalized spacial score (nSPS) is 30.0. The predicted octanol–water partition coefficient (Wildman–Crippen LogP) is 4.56. The number of hydrogen-bond donors (Lipinski definition) is 0. The predicted molar refractivity (Wildman–Crippen MR) is 88.1 cm³/mol. The first kappa shape index (κ1) is 15.8. The minimum absolute atomic E-state index is 0.106. The summed E-state index contributed by atoms with van der Waals surface area (Å²) in [6.07, 6.45) is 1.83. The van der Waals surface area contributed by atoms with Crippen molar-refractivity contribution < 1.29 is 9.59 Å². The molecule has 3 unspecified atom stereocenters. The summed E-state index contributed by atoms with van der Waals surface area (Å²) in [7, 11) is 0. The number of amides is 2. The van der Waals surface area contributed by atoms with E-state index in [9.17, 15) is 9.59 Å². The molecule has 0 N–H and O–H groups in total. The van der Waals surface area contributed by atoms with Gasteiger partial charge in [0.25, 0.3) is 0 Å². The van der Waals surface area contributed by atoms with Crippen LogP contribution in [-0.2, 0) is 9.59 Å². The monoisotopic (exact) mass is 339 g/mol. The van der Waals surface area contributed by atoms with Crippen molar-refractivity contribution in [3.8, 4) is 0 Å². The van der Waals surface area contributed by atoms with Crippen molar-refractivity contribution in [3.63, 3.8) is 0 Å². The smallest absolute Gasteiger partial charge is 0.238 e. The quantitative estimate of drug-likeness (QED) is 0.741. The number of benzene rings is 1. The van der Waals surface area contributed by atoms with Crippen LogP contribution in [0.2, 0.25) is 10.0 Å². The van der Waals surface area contributed by atoms with Crippen molar-refractivity contribution in [3.05, 3.63) is 28.2 Å². The second-order valence-electron chi connectivity index (χ2n) is 7.00. The van der Waals surface area contributed by atoms with E-state index in [0.29, 0.717) is 15.7 Å². The molecule has 0 aromatic heterocycles. The lowest BCUT2D eigenvalue weighted by Crippen LogP contribution is -2.35. The number of halogens is 2. The number of anilines is 1. The summed E-state index contributed by atoms with van der Waals surface area (Å²) in [6.45, 7) is 6.25. The SMILES string of the molecule is CCC1CC(C)(C)C2C(=O)N(c3cc(Cl)cc(Cl)c3)C(=O)C12. The zero-order chi connectivity index (χ0) is 16.2. The van der Waals surface area contributed by atoms with Crippen molar-refractivity contribution in [1.82, 2.24) is 0 Å². The highest BCUT2D eigenvalue weighted by Crippen LogP contribution is 2.56. The molecule has 2 aliphatic rings. The lowest BCUT2D eigenvalue weighted by atomic mass is 9.80. The topological polar surface area (TPSA) is 37.4 Å². The molecule has 1 heterocycles. The van der Waals surface area contributed by atoms with Gasteiger partial charge in [-0.1, -0.05) is 50.4 Å². The number of carbonyl (C=O) groups is 2. The Morgan fingerprint density at radius 2 is 1.73 bits per heavy atom. The summed E-state index contributed by atoms with van der Waals surface area (Å²) >= 11 is 12.0. The maximum Gasteiger partial charge on any atom is 0.238 e. The lowest BCUT2D eigenvalue weighted by molar-refractivity contribution is -0.124. The van der Waals surface area contributed by atoms with Gasteiger partial charge in [0.1, 0.15) is 0 Å². The summed E-state index contributed by atoms with van der Waals surface area (Å²) in [5.74, 6) is -0.427. The highest BCUT2D eigenvalue weighted by Gasteiger charge is 2.61. The molecule has 1 aromatic carbocycles. The highest BCUT2D eigenvalue weighted by molar-refractivity contribution is 6.35. The zero-order valence-corrected chi connectivity index (χ0v) is 14.4. The van der Waals surface area contributed by atoms with Crippen LogP contribution >= 0.6 is 23.2 Å². The molecule has 1 aliphatic carbocycles. The van der Waals surface area contributed by atoms with Gasteiger partial charge in [-0.3, -0.25) is 9.59 Å². The molecular weight excluding hydrogens is 321 g/mol. The minimum Gasteiger partial charge on any atom is -0.274 e. The first-order valence-electron chi connectivity index (χ1n) is 7.60. The third-order valence-electron chi connectivity index (χ3n) is 5.12. The Balaban J connectivity index is 2.06. The molecule has 1 saturated carbocycles. The molecule has 3 nitrogen and oxygen atoms in total. The van der Waals surface area contributed by atoms with E-state index < -0.39 is 0 Å². The average Bonchev–Trinajstić information content (AvgIpc) is 2.82. The third kappa shape index (κ3) is 2.26. The van der Waals surface area contributed by atoms with E-state index in [0.717, 1.165) is 12.8 Å². The summed E-state index contributed by atoms with van der Waals surface area (Å²) in [5, 5.41) is 0.845. The van der Waals surface area contributed by atoms with Gasteiger partial charge < -0.3 is 0 Å². The molecule has 22 heavy (non-hydrogen) atoms. The number of imide groups is 1. The second-order valence-corrected chi connectivity index (χ2v) is 7.88. The molecule has 0 bridgehead atoms. The molecule has 0 radical (unpaired) electrons. The summed E-state index contributed by atoms with van der Waals surface area (Å²) < 4.78 is 0. The van der Waals surface area contributed by atoms with E-state index in [1.807, 2.05) is 0 Å². The second kappa shape index (κ2) is 5.24. The molecular formula is C17H19Cl2NO2. The Morgan fingerprint density at radius 3 is 2.27 bits per heavy atom. The molecule has 3 rings (SSSR count). The van der Waals surface area contributed by atoms with Crippen molar-refractivity contribution >= 4 is 40.7 Å². The van der Waals surface area contributed by atoms with Gasteiger partial charge in [-0.2, -0.15) is 0 Å². The van der Waals surface area contributed by atoms with Crippen LogP contribution in [0.15, 0.2) is 18.2 Å². The Hall–Kier alpha value is -1.06. The Bertz CT molecular complexity index is 636. The van der Waals surface area contributed by atoms with Crippen LogP contribution in [0, 0.1) is 23.2 Å².